The molecule has 0 saturated carbocycles. The van der Waals surface area contributed by atoms with E-state index in [4.69, 9.17) is 9.84 Å². The Hall–Kier alpha value is -4.32. The maximum Gasteiger partial charge on any atom is 0.416 e. The molecule has 4 aromatic rings. The zero-order valence-corrected chi connectivity index (χ0v) is 21.0. The maximum atomic E-state index is 13.7. The lowest BCUT2D eigenvalue weighted by Crippen LogP contribution is -2.43. The van der Waals surface area contributed by atoms with Gasteiger partial charge in [-0.2, -0.15) is 18.3 Å². The number of para-hydroxylation sites is 1. The first-order valence-electron chi connectivity index (χ1n) is 11.8. The number of aromatic nitrogens is 2. The summed E-state index contributed by atoms with van der Waals surface area (Å²) in [7, 11) is -4.47. The van der Waals surface area contributed by atoms with Crippen molar-refractivity contribution >= 4 is 44.7 Å². The number of aromatic amines is 1. The second-order valence-electron chi connectivity index (χ2n) is 8.98. The van der Waals surface area contributed by atoms with Gasteiger partial charge in [0, 0.05) is 17.4 Å². The molecule has 3 aromatic carbocycles. The summed E-state index contributed by atoms with van der Waals surface area (Å²) in [5.74, 6) is -0.899. The summed E-state index contributed by atoms with van der Waals surface area (Å²) < 4.78 is 74.2. The van der Waals surface area contributed by atoms with E-state index in [-0.39, 0.29) is 30.8 Å². The van der Waals surface area contributed by atoms with Crippen LogP contribution in [0.2, 0.25) is 0 Å². The van der Waals surface area contributed by atoms with Crippen molar-refractivity contribution in [2.45, 2.75) is 30.0 Å². The SMILES string of the molecule is O=C(O)CCC1CN(S(=O)(=O)c2cccc(C(F)(F)F)c2)c2cc(C=Cc3cccc4cn[nH]c34)ccc2O1. The number of fused-ring (bicyclic) bond motifs is 2. The van der Waals surface area contributed by atoms with Crippen molar-refractivity contribution in [3.63, 3.8) is 0 Å². The van der Waals surface area contributed by atoms with E-state index in [1.165, 1.54) is 0 Å². The van der Waals surface area contributed by atoms with E-state index in [1.54, 1.807) is 30.5 Å². The van der Waals surface area contributed by atoms with Crippen molar-refractivity contribution in [3.8, 4) is 5.75 Å². The van der Waals surface area contributed by atoms with Gasteiger partial charge in [0.05, 0.1) is 34.4 Å². The zero-order valence-electron chi connectivity index (χ0n) is 20.2. The van der Waals surface area contributed by atoms with Crippen LogP contribution < -0.4 is 9.04 Å². The summed E-state index contributed by atoms with van der Waals surface area (Å²) in [4.78, 5) is 10.6. The Labute approximate surface area is 221 Å². The van der Waals surface area contributed by atoms with E-state index in [0.29, 0.717) is 11.6 Å². The number of carbonyl (C=O) groups is 1. The van der Waals surface area contributed by atoms with Gasteiger partial charge in [-0.15, -0.1) is 0 Å². The van der Waals surface area contributed by atoms with Gasteiger partial charge in [0.15, 0.2) is 0 Å². The number of nitrogens with one attached hydrogen (secondary N) is 1. The van der Waals surface area contributed by atoms with Gasteiger partial charge < -0.3 is 9.84 Å². The first-order chi connectivity index (χ1) is 18.5. The van der Waals surface area contributed by atoms with E-state index in [9.17, 15) is 26.4 Å². The molecular formula is C27H22F3N3O5S. The third-order valence-electron chi connectivity index (χ3n) is 6.31. The summed E-state index contributed by atoms with van der Waals surface area (Å²) in [6, 6.07) is 14.0. The predicted octanol–water partition coefficient (Wildman–Crippen LogP) is 5.57. The Morgan fingerprint density at radius 2 is 1.92 bits per heavy atom. The van der Waals surface area contributed by atoms with Crippen LogP contribution in [0, 0.1) is 0 Å². The second-order valence-corrected chi connectivity index (χ2v) is 10.8. The Morgan fingerprint density at radius 3 is 2.69 bits per heavy atom. The minimum absolute atomic E-state index is 0.0131. The smallest absolute Gasteiger partial charge is 0.416 e. The molecular weight excluding hydrogens is 535 g/mol. The molecule has 0 spiro atoms. The Bertz CT molecular complexity index is 1680. The molecule has 0 aliphatic carbocycles. The number of aliphatic carboxylic acids is 1. The molecule has 0 amide bonds. The first kappa shape index (κ1) is 26.3. The summed E-state index contributed by atoms with van der Waals surface area (Å²) in [5, 5.41) is 17.0. The van der Waals surface area contributed by atoms with Crippen LogP contribution in [0.4, 0.5) is 18.9 Å². The molecule has 1 aliphatic rings. The number of hydrogen-bond acceptors (Lipinski definition) is 5. The van der Waals surface area contributed by atoms with Crippen LogP contribution in [-0.2, 0) is 21.0 Å². The lowest BCUT2D eigenvalue weighted by atomic mass is 10.1. The van der Waals surface area contributed by atoms with E-state index in [2.05, 4.69) is 10.2 Å². The molecule has 5 rings (SSSR count). The molecule has 8 nitrogen and oxygen atoms in total. The molecule has 202 valence electrons. The molecule has 39 heavy (non-hydrogen) atoms. The quantitative estimate of drug-likeness (QED) is 0.287. The van der Waals surface area contributed by atoms with Crippen LogP contribution in [0.25, 0.3) is 23.1 Å². The lowest BCUT2D eigenvalue weighted by Gasteiger charge is -2.35. The number of carboxylic acids is 1. The minimum atomic E-state index is -4.73. The monoisotopic (exact) mass is 557 g/mol. The van der Waals surface area contributed by atoms with Crippen LogP contribution in [0.15, 0.2) is 71.8 Å². The molecule has 1 aliphatic heterocycles. The fourth-order valence-electron chi connectivity index (χ4n) is 4.37. The van der Waals surface area contributed by atoms with Gasteiger partial charge in [0.25, 0.3) is 10.0 Å². The number of alkyl halides is 3. The zero-order chi connectivity index (χ0) is 27.8. The van der Waals surface area contributed by atoms with E-state index in [1.807, 2.05) is 24.3 Å². The fraction of sp³-hybridized carbons (Fsp3) is 0.185. The summed E-state index contributed by atoms with van der Waals surface area (Å²) in [6.45, 7) is -0.264. The highest BCUT2D eigenvalue weighted by Crippen LogP contribution is 2.40. The number of ether oxygens (including phenoxy) is 1. The molecule has 1 atom stereocenters. The number of anilines is 1. The molecule has 0 saturated heterocycles. The van der Waals surface area contributed by atoms with E-state index in [0.717, 1.165) is 39.0 Å². The third kappa shape index (κ3) is 5.46. The standard InChI is InChI=1S/C27H22F3N3O5S/c28-27(29,30)20-5-2-6-22(14-20)39(36,37)33-16-21(10-12-25(34)35)38-24-11-8-17(13-23(24)33)7-9-18-3-1-4-19-15-31-32-26(18)19/h1-9,11,13-15,21H,10,12,16H2,(H,31,32)(H,34,35). The van der Waals surface area contributed by atoms with Crippen molar-refractivity contribution in [1.29, 1.82) is 0 Å². The highest BCUT2D eigenvalue weighted by atomic mass is 32.2. The molecule has 2 heterocycles. The molecule has 1 unspecified atom stereocenters. The minimum Gasteiger partial charge on any atom is -0.486 e. The molecule has 0 bridgehead atoms. The number of halogens is 3. The maximum absolute atomic E-state index is 13.7. The number of nitrogens with zero attached hydrogens (tertiary/aromatic N) is 2. The Balaban J connectivity index is 1.54. The number of H-pyrrole nitrogens is 1. The van der Waals surface area contributed by atoms with Crippen LogP contribution in [0.3, 0.4) is 0 Å². The topological polar surface area (TPSA) is 113 Å². The molecule has 1 aromatic heterocycles. The largest absolute Gasteiger partial charge is 0.486 e. The average Bonchev–Trinajstić information content (AvgIpc) is 3.39. The Kier molecular flexibility index (Phi) is 6.81. The van der Waals surface area contributed by atoms with Crippen LogP contribution in [0.5, 0.6) is 5.75 Å². The van der Waals surface area contributed by atoms with Gasteiger partial charge in [0.1, 0.15) is 11.9 Å². The van der Waals surface area contributed by atoms with Crippen molar-refractivity contribution in [1.82, 2.24) is 10.2 Å². The third-order valence-corrected chi connectivity index (χ3v) is 8.08. The molecule has 0 radical (unpaired) electrons. The van der Waals surface area contributed by atoms with Gasteiger partial charge in [-0.05, 0) is 42.3 Å². The van der Waals surface area contributed by atoms with Gasteiger partial charge in [-0.3, -0.25) is 14.2 Å². The van der Waals surface area contributed by atoms with Crippen LogP contribution in [-0.4, -0.2) is 42.3 Å². The van der Waals surface area contributed by atoms with Gasteiger partial charge in [0.2, 0.25) is 0 Å². The molecule has 12 heteroatoms. The van der Waals surface area contributed by atoms with E-state index < -0.39 is 38.7 Å². The number of carboxylic acid groups (broad SMARTS) is 1. The normalized spacial score (nSPS) is 15.9. The highest BCUT2D eigenvalue weighted by molar-refractivity contribution is 7.92. The van der Waals surface area contributed by atoms with Crippen molar-refractivity contribution in [2.75, 3.05) is 10.8 Å². The summed E-state index contributed by atoms with van der Waals surface area (Å²) >= 11 is 0. The van der Waals surface area contributed by atoms with Gasteiger partial charge >= 0.3 is 12.1 Å². The number of benzene rings is 3. The van der Waals surface area contributed by atoms with Crippen LogP contribution >= 0.6 is 0 Å². The average molecular weight is 558 g/mol. The van der Waals surface area contributed by atoms with Crippen LogP contribution in [0.1, 0.15) is 29.5 Å². The molecule has 0 fully saturated rings. The summed E-state index contributed by atoms with van der Waals surface area (Å²) in [6.07, 6.45) is -0.506. The highest BCUT2D eigenvalue weighted by Gasteiger charge is 2.37. The predicted molar refractivity (Wildman–Crippen MR) is 139 cm³/mol. The van der Waals surface area contributed by atoms with Crippen molar-refractivity contribution in [2.24, 2.45) is 0 Å². The van der Waals surface area contributed by atoms with Gasteiger partial charge in [-0.25, -0.2) is 8.42 Å². The number of hydrogen-bond donors (Lipinski definition) is 2. The fourth-order valence-corrected chi connectivity index (χ4v) is 5.92. The van der Waals surface area contributed by atoms with Crippen molar-refractivity contribution < 1.29 is 36.2 Å². The number of rotatable bonds is 7. The van der Waals surface area contributed by atoms with Crippen molar-refractivity contribution in [3.05, 3.63) is 83.6 Å². The second kappa shape index (κ2) is 10.1. The summed E-state index contributed by atoms with van der Waals surface area (Å²) in [5.41, 5.74) is 1.33. The lowest BCUT2D eigenvalue weighted by molar-refractivity contribution is -0.138. The first-order valence-corrected chi connectivity index (χ1v) is 13.3. The molecule has 2 N–H and O–H groups in total. The van der Waals surface area contributed by atoms with Gasteiger partial charge in [-0.1, -0.05) is 42.5 Å². The number of sulfonamides is 1. The Morgan fingerprint density at radius 1 is 1.13 bits per heavy atom. The van der Waals surface area contributed by atoms with E-state index >= 15 is 0 Å².